The van der Waals surface area contributed by atoms with Crippen LogP contribution in [0.25, 0.3) is 0 Å². The first-order chi connectivity index (χ1) is 9.42. The number of amides is 1. The Balaban J connectivity index is 0.00000400. The fraction of sp³-hybridized carbons (Fsp3) is 0.500. The Morgan fingerprint density at radius 1 is 1.48 bits per heavy atom. The number of carbonyl (C=O) groups excluding carboxylic acids is 1. The van der Waals surface area contributed by atoms with Crippen LogP contribution in [-0.2, 0) is 4.79 Å². The predicted molar refractivity (Wildman–Crippen MR) is 84.6 cm³/mol. The summed E-state index contributed by atoms with van der Waals surface area (Å²) < 4.78 is 18.2. The van der Waals surface area contributed by atoms with Crippen LogP contribution in [0.2, 0.25) is 5.02 Å². The molecule has 0 aliphatic heterocycles. The molecule has 1 aromatic carbocycles. The highest BCUT2D eigenvalue weighted by Crippen LogP contribution is 2.20. The van der Waals surface area contributed by atoms with Gasteiger partial charge in [-0.1, -0.05) is 25.4 Å². The Morgan fingerprint density at radius 2 is 2.14 bits per heavy atom. The minimum absolute atomic E-state index is 0. The van der Waals surface area contributed by atoms with Crippen molar-refractivity contribution in [2.45, 2.75) is 26.3 Å². The maximum atomic E-state index is 13.0. The van der Waals surface area contributed by atoms with Crippen molar-refractivity contribution in [3.8, 4) is 5.75 Å². The third-order valence-electron chi connectivity index (χ3n) is 2.67. The fourth-order valence-corrected chi connectivity index (χ4v) is 1.94. The van der Waals surface area contributed by atoms with Crippen molar-refractivity contribution < 1.29 is 13.9 Å². The second-order valence-electron chi connectivity index (χ2n) is 4.99. The van der Waals surface area contributed by atoms with Crippen LogP contribution >= 0.6 is 24.0 Å². The molecule has 120 valence electrons. The summed E-state index contributed by atoms with van der Waals surface area (Å²) in [4.78, 5) is 11.7. The number of halogens is 3. The lowest BCUT2D eigenvalue weighted by Crippen LogP contribution is -2.43. The lowest BCUT2D eigenvalue weighted by atomic mass is 10.0. The van der Waals surface area contributed by atoms with E-state index in [1.54, 1.807) is 0 Å². The molecule has 0 heterocycles. The maximum absolute atomic E-state index is 13.0. The fourth-order valence-electron chi connectivity index (χ4n) is 1.77. The van der Waals surface area contributed by atoms with Gasteiger partial charge >= 0.3 is 0 Å². The largest absolute Gasteiger partial charge is 0.484 e. The molecule has 1 amide bonds. The first kappa shape index (κ1) is 20.0. The molecule has 1 rings (SSSR count). The normalized spacial score (nSPS) is 11.7. The summed E-state index contributed by atoms with van der Waals surface area (Å²) in [6.07, 6.45) is 0.810. The second-order valence-corrected chi connectivity index (χ2v) is 5.40. The number of nitrogens with two attached hydrogens (primary N) is 1. The Hall–Kier alpha value is -1.04. The van der Waals surface area contributed by atoms with E-state index in [4.69, 9.17) is 22.1 Å². The summed E-state index contributed by atoms with van der Waals surface area (Å²) in [6.45, 7) is 4.35. The van der Waals surface area contributed by atoms with Crippen molar-refractivity contribution >= 4 is 29.9 Å². The van der Waals surface area contributed by atoms with Gasteiger partial charge in [0, 0.05) is 18.7 Å². The first-order valence-corrected chi connectivity index (χ1v) is 6.87. The molecule has 0 saturated carbocycles. The van der Waals surface area contributed by atoms with Crippen LogP contribution in [0, 0.1) is 11.7 Å². The van der Waals surface area contributed by atoms with Crippen molar-refractivity contribution in [1.82, 2.24) is 5.32 Å². The van der Waals surface area contributed by atoms with Gasteiger partial charge in [0.05, 0.1) is 5.02 Å². The standard InChI is InChI=1S/C14H20ClFN2O2.ClH/c1-9(2)5-10(7-17)18-14(19)8-20-11-3-4-13(16)12(15)6-11;/h3-4,6,9-10H,5,7-8,17H2,1-2H3,(H,18,19);1H. The molecular weight excluding hydrogens is 318 g/mol. The molecular formula is C14H21Cl2FN2O2. The number of nitrogens with one attached hydrogen (secondary N) is 1. The van der Waals surface area contributed by atoms with E-state index >= 15 is 0 Å². The number of rotatable bonds is 7. The average molecular weight is 339 g/mol. The number of hydrogen-bond donors (Lipinski definition) is 2. The summed E-state index contributed by atoms with van der Waals surface area (Å²) >= 11 is 5.62. The smallest absolute Gasteiger partial charge is 0.258 e. The zero-order valence-electron chi connectivity index (χ0n) is 12.1. The highest BCUT2D eigenvalue weighted by Gasteiger charge is 2.13. The van der Waals surface area contributed by atoms with E-state index in [0.717, 1.165) is 6.42 Å². The topological polar surface area (TPSA) is 64.3 Å². The van der Waals surface area contributed by atoms with Crippen molar-refractivity contribution in [3.63, 3.8) is 0 Å². The van der Waals surface area contributed by atoms with Crippen LogP contribution in [0.5, 0.6) is 5.75 Å². The molecule has 0 saturated heterocycles. The molecule has 1 aromatic rings. The Bertz CT molecular complexity index is 459. The molecule has 0 aliphatic carbocycles. The van der Waals surface area contributed by atoms with Gasteiger partial charge in [-0.15, -0.1) is 12.4 Å². The van der Waals surface area contributed by atoms with Gasteiger partial charge in [0.25, 0.3) is 5.91 Å². The second kappa shape index (κ2) is 9.82. The van der Waals surface area contributed by atoms with Gasteiger partial charge in [-0.3, -0.25) is 4.79 Å². The summed E-state index contributed by atoms with van der Waals surface area (Å²) in [7, 11) is 0. The predicted octanol–water partition coefficient (Wildman–Crippen LogP) is 2.77. The molecule has 4 nitrogen and oxygen atoms in total. The Morgan fingerprint density at radius 3 is 2.67 bits per heavy atom. The van der Waals surface area contributed by atoms with Crippen molar-refractivity contribution in [1.29, 1.82) is 0 Å². The van der Waals surface area contributed by atoms with Gasteiger partial charge in [-0.2, -0.15) is 0 Å². The monoisotopic (exact) mass is 338 g/mol. The first-order valence-electron chi connectivity index (χ1n) is 6.49. The zero-order chi connectivity index (χ0) is 15.1. The molecule has 0 aliphatic rings. The van der Waals surface area contributed by atoms with E-state index < -0.39 is 5.82 Å². The van der Waals surface area contributed by atoms with Gasteiger partial charge < -0.3 is 15.8 Å². The molecule has 0 spiro atoms. The number of benzene rings is 1. The number of carbonyl (C=O) groups is 1. The highest BCUT2D eigenvalue weighted by molar-refractivity contribution is 6.30. The van der Waals surface area contributed by atoms with E-state index in [9.17, 15) is 9.18 Å². The van der Waals surface area contributed by atoms with Gasteiger partial charge in [-0.05, 0) is 24.5 Å². The Kier molecular flexibility index (Phi) is 9.33. The van der Waals surface area contributed by atoms with Crippen molar-refractivity contribution in [3.05, 3.63) is 29.0 Å². The van der Waals surface area contributed by atoms with Crippen molar-refractivity contribution in [2.75, 3.05) is 13.2 Å². The third-order valence-corrected chi connectivity index (χ3v) is 2.96. The van der Waals surface area contributed by atoms with E-state index in [-0.39, 0.29) is 36.0 Å². The quantitative estimate of drug-likeness (QED) is 0.803. The Labute approximate surface area is 135 Å². The zero-order valence-corrected chi connectivity index (χ0v) is 13.6. The van der Waals surface area contributed by atoms with E-state index in [1.807, 2.05) is 0 Å². The molecule has 0 bridgehead atoms. The molecule has 0 radical (unpaired) electrons. The molecule has 3 N–H and O–H groups in total. The minimum atomic E-state index is -0.524. The van der Waals surface area contributed by atoms with Gasteiger partial charge in [0.2, 0.25) is 0 Å². The lowest BCUT2D eigenvalue weighted by molar-refractivity contribution is -0.123. The molecule has 0 fully saturated rings. The van der Waals surface area contributed by atoms with Gasteiger partial charge in [-0.25, -0.2) is 4.39 Å². The van der Waals surface area contributed by atoms with E-state index in [0.29, 0.717) is 18.2 Å². The van der Waals surface area contributed by atoms with Crippen molar-refractivity contribution in [2.24, 2.45) is 11.7 Å². The average Bonchev–Trinajstić information content (AvgIpc) is 2.39. The van der Waals surface area contributed by atoms with E-state index in [2.05, 4.69) is 19.2 Å². The van der Waals surface area contributed by atoms with Crippen LogP contribution in [0.1, 0.15) is 20.3 Å². The van der Waals surface area contributed by atoms with Crippen LogP contribution in [0.4, 0.5) is 4.39 Å². The van der Waals surface area contributed by atoms with E-state index in [1.165, 1.54) is 18.2 Å². The highest BCUT2D eigenvalue weighted by atomic mass is 35.5. The summed E-state index contributed by atoms with van der Waals surface area (Å²) in [6, 6.07) is 3.88. The van der Waals surface area contributed by atoms with Gasteiger partial charge in [0.15, 0.2) is 6.61 Å². The summed E-state index contributed by atoms with van der Waals surface area (Å²) in [5, 5.41) is 2.76. The maximum Gasteiger partial charge on any atom is 0.258 e. The lowest BCUT2D eigenvalue weighted by Gasteiger charge is -2.18. The SMILES string of the molecule is CC(C)CC(CN)NC(=O)COc1ccc(F)c(Cl)c1.Cl. The molecule has 7 heteroatoms. The molecule has 1 unspecified atom stereocenters. The number of hydrogen-bond acceptors (Lipinski definition) is 3. The molecule has 21 heavy (non-hydrogen) atoms. The van der Waals surface area contributed by atoms with Gasteiger partial charge in [0.1, 0.15) is 11.6 Å². The summed E-state index contributed by atoms with van der Waals surface area (Å²) in [5.74, 6) is 0.00512. The van der Waals surface area contributed by atoms with Crippen LogP contribution in [0.3, 0.4) is 0 Å². The van der Waals surface area contributed by atoms with Crippen LogP contribution in [0.15, 0.2) is 18.2 Å². The van der Waals surface area contributed by atoms with Crippen LogP contribution < -0.4 is 15.8 Å². The van der Waals surface area contributed by atoms with Crippen LogP contribution in [-0.4, -0.2) is 25.1 Å². The summed E-state index contributed by atoms with van der Waals surface area (Å²) in [5.41, 5.74) is 5.60. The molecule has 1 atom stereocenters. The number of ether oxygens (including phenoxy) is 1. The molecule has 0 aromatic heterocycles. The minimum Gasteiger partial charge on any atom is -0.484 e. The third kappa shape index (κ3) is 7.50.